The van der Waals surface area contributed by atoms with Gasteiger partial charge in [-0.05, 0) is 25.0 Å². The predicted octanol–water partition coefficient (Wildman–Crippen LogP) is 3.49. The number of hydrogen-bond acceptors (Lipinski definition) is 2. The lowest BCUT2D eigenvalue weighted by Crippen LogP contribution is -2.35. The normalized spacial score (nSPS) is 17.2. The summed E-state index contributed by atoms with van der Waals surface area (Å²) < 4.78 is 0. The summed E-state index contributed by atoms with van der Waals surface area (Å²) in [6.07, 6.45) is 7.03. The minimum Gasteiger partial charge on any atom is -0.327 e. The molecule has 1 aromatic carbocycles. The summed E-state index contributed by atoms with van der Waals surface area (Å²) in [6.45, 7) is 10.9. The van der Waals surface area contributed by atoms with Crippen LogP contribution in [-0.2, 0) is 13.1 Å². The smallest absolute Gasteiger partial charge is 0.152 e. The van der Waals surface area contributed by atoms with Gasteiger partial charge in [-0.2, -0.15) is 0 Å². The number of fused-ring (bicyclic) bond motifs is 1. The van der Waals surface area contributed by atoms with Gasteiger partial charge in [0.2, 0.25) is 0 Å². The molecule has 22 heavy (non-hydrogen) atoms. The zero-order chi connectivity index (χ0) is 15.9. The van der Waals surface area contributed by atoms with Crippen molar-refractivity contribution >= 4 is 7.28 Å². The van der Waals surface area contributed by atoms with Gasteiger partial charge >= 0.3 is 0 Å². The molecule has 1 unspecified atom stereocenters. The molecule has 2 nitrogen and oxygen atoms in total. The fourth-order valence-electron chi connectivity index (χ4n) is 2.81. The lowest BCUT2D eigenvalue weighted by Gasteiger charge is -2.20. The molecule has 3 heteroatoms. The molecule has 0 bridgehead atoms. The molecule has 115 valence electrons. The van der Waals surface area contributed by atoms with Crippen LogP contribution in [0.5, 0.6) is 0 Å². The first-order valence-electron chi connectivity index (χ1n) is 7.97. The van der Waals surface area contributed by atoms with E-state index in [1.165, 1.54) is 22.2 Å². The first-order valence-corrected chi connectivity index (χ1v) is 7.97. The molecule has 0 spiro atoms. The summed E-state index contributed by atoms with van der Waals surface area (Å²) in [6, 6.07) is 8.83. The SMILES string of the molecule is C=C/C(C)=C\C([B]CC(N)CN1Cc2ccccc2C1)=C/C. The Bertz CT molecular complexity index is 550. The van der Waals surface area contributed by atoms with E-state index in [1.54, 1.807) is 0 Å². The maximum Gasteiger partial charge on any atom is 0.152 e. The summed E-state index contributed by atoms with van der Waals surface area (Å²) in [5.74, 6) is 0. The first kappa shape index (κ1) is 16.8. The maximum absolute atomic E-state index is 6.31. The fraction of sp³-hybridized carbons (Fsp3) is 0.368. The Morgan fingerprint density at radius 1 is 1.36 bits per heavy atom. The second-order valence-electron chi connectivity index (χ2n) is 6.02. The van der Waals surface area contributed by atoms with Crippen LogP contribution in [0.15, 0.2) is 60.1 Å². The monoisotopic (exact) mass is 293 g/mol. The molecule has 0 amide bonds. The quantitative estimate of drug-likeness (QED) is 0.616. The fourth-order valence-corrected chi connectivity index (χ4v) is 2.81. The largest absolute Gasteiger partial charge is 0.327 e. The summed E-state index contributed by atoms with van der Waals surface area (Å²) >= 11 is 0. The highest BCUT2D eigenvalue weighted by atomic mass is 15.1. The molecule has 0 aliphatic carbocycles. The molecule has 1 radical (unpaired) electrons. The molecule has 0 saturated heterocycles. The van der Waals surface area contributed by atoms with E-state index >= 15 is 0 Å². The number of hydrogen-bond donors (Lipinski definition) is 1. The highest BCUT2D eigenvalue weighted by Crippen LogP contribution is 2.22. The molecule has 0 aromatic heterocycles. The Morgan fingerprint density at radius 3 is 2.55 bits per heavy atom. The van der Waals surface area contributed by atoms with Crippen LogP contribution in [0, 0.1) is 0 Å². The van der Waals surface area contributed by atoms with Crippen molar-refractivity contribution in [2.75, 3.05) is 6.54 Å². The molecule has 1 aromatic rings. The van der Waals surface area contributed by atoms with Crippen molar-refractivity contribution < 1.29 is 0 Å². The molecule has 0 fully saturated rings. The highest BCUT2D eigenvalue weighted by molar-refractivity contribution is 6.46. The second kappa shape index (κ2) is 8.16. The number of benzene rings is 1. The maximum atomic E-state index is 6.31. The average molecular weight is 293 g/mol. The molecule has 0 saturated carbocycles. The minimum atomic E-state index is 0.168. The van der Waals surface area contributed by atoms with Crippen LogP contribution in [0.3, 0.4) is 0 Å². The van der Waals surface area contributed by atoms with E-state index in [0.717, 1.165) is 26.0 Å². The zero-order valence-electron chi connectivity index (χ0n) is 13.8. The van der Waals surface area contributed by atoms with Gasteiger partial charge in [0.1, 0.15) is 0 Å². The molecule has 1 aliphatic rings. The van der Waals surface area contributed by atoms with Crippen LogP contribution in [0.1, 0.15) is 25.0 Å². The van der Waals surface area contributed by atoms with Crippen molar-refractivity contribution in [3.63, 3.8) is 0 Å². The van der Waals surface area contributed by atoms with E-state index in [4.69, 9.17) is 5.73 Å². The number of rotatable bonds is 7. The van der Waals surface area contributed by atoms with Crippen molar-refractivity contribution in [2.24, 2.45) is 5.73 Å². The van der Waals surface area contributed by atoms with Gasteiger partial charge in [0.25, 0.3) is 0 Å². The van der Waals surface area contributed by atoms with Gasteiger partial charge in [0, 0.05) is 25.7 Å². The van der Waals surface area contributed by atoms with E-state index in [9.17, 15) is 0 Å². The van der Waals surface area contributed by atoms with Crippen LogP contribution >= 0.6 is 0 Å². The van der Waals surface area contributed by atoms with Gasteiger partial charge in [0.15, 0.2) is 7.28 Å². The van der Waals surface area contributed by atoms with Crippen molar-refractivity contribution in [3.8, 4) is 0 Å². The van der Waals surface area contributed by atoms with E-state index in [0.29, 0.717) is 0 Å². The van der Waals surface area contributed by atoms with E-state index in [-0.39, 0.29) is 6.04 Å². The molecule has 1 heterocycles. The van der Waals surface area contributed by atoms with Gasteiger partial charge in [-0.15, -0.1) is 0 Å². The number of nitrogens with zero attached hydrogens (tertiary/aromatic N) is 1. The summed E-state index contributed by atoms with van der Waals surface area (Å²) in [4.78, 5) is 2.43. The minimum absolute atomic E-state index is 0.168. The number of allylic oxidation sites excluding steroid dienone is 5. The Hall–Kier alpha value is -1.58. The zero-order valence-corrected chi connectivity index (χ0v) is 13.8. The Balaban J connectivity index is 1.80. The van der Waals surface area contributed by atoms with Crippen LogP contribution in [-0.4, -0.2) is 24.8 Å². The molecular weight excluding hydrogens is 267 g/mol. The Kier molecular flexibility index (Phi) is 6.23. The molecule has 2 rings (SSSR count). The lowest BCUT2D eigenvalue weighted by molar-refractivity contribution is 0.270. The van der Waals surface area contributed by atoms with Crippen molar-refractivity contribution in [3.05, 3.63) is 71.2 Å². The summed E-state index contributed by atoms with van der Waals surface area (Å²) in [5, 5.41) is 0. The third kappa shape index (κ3) is 4.72. The van der Waals surface area contributed by atoms with Crippen LogP contribution in [0.2, 0.25) is 6.32 Å². The van der Waals surface area contributed by atoms with Crippen LogP contribution < -0.4 is 5.73 Å². The van der Waals surface area contributed by atoms with Gasteiger partial charge in [0.05, 0.1) is 0 Å². The summed E-state index contributed by atoms with van der Waals surface area (Å²) in [5.41, 5.74) is 11.6. The van der Waals surface area contributed by atoms with E-state index in [2.05, 4.69) is 69.0 Å². The first-order chi connectivity index (χ1) is 10.6. The average Bonchev–Trinajstić information content (AvgIpc) is 2.93. The van der Waals surface area contributed by atoms with E-state index in [1.807, 2.05) is 6.08 Å². The third-order valence-corrected chi connectivity index (χ3v) is 4.10. The van der Waals surface area contributed by atoms with Gasteiger partial charge in [-0.25, -0.2) is 0 Å². The van der Waals surface area contributed by atoms with Crippen LogP contribution in [0.25, 0.3) is 0 Å². The van der Waals surface area contributed by atoms with Gasteiger partial charge in [-0.3, -0.25) is 4.90 Å². The van der Waals surface area contributed by atoms with Crippen molar-refractivity contribution in [1.82, 2.24) is 4.90 Å². The lowest BCUT2D eigenvalue weighted by atomic mass is 9.64. The van der Waals surface area contributed by atoms with Crippen molar-refractivity contribution in [2.45, 2.75) is 39.3 Å². The predicted molar refractivity (Wildman–Crippen MR) is 96.8 cm³/mol. The molecule has 2 N–H and O–H groups in total. The Morgan fingerprint density at radius 2 is 2.00 bits per heavy atom. The Labute approximate surface area is 135 Å². The standard InChI is InChI=1S/C19H26BN2/c1-4-15(3)10-18(5-2)20-11-19(21)14-22-12-16-8-6-7-9-17(16)13-22/h4-10,19H,1,11-14,21H2,2-3H3/b15-10-,18-5+. The molecule has 1 atom stereocenters. The third-order valence-electron chi connectivity index (χ3n) is 4.10. The van der Waals surface area contributed by atoms with Gasteiger partial charge in [-0.1, -0.05) is 66.4 Å². The second-order valence-corrected chi connectivity index (χ2v) is 6.02. The van der Waals surface area contributed by atoms with E-state index < -0.39 is 0 Å². The van der Waals surface area contributed by atoms with Crippen molar-refractivity contribution in [1.29, 1.82) is 0 Å². The summed E-state index contributed by atoms with van der Waals surface area (Å²) in [7, 11) is 2.22. The number of nitrogens with two attached hydrogens (primary N) is 1. The molecule has 1 aliphatic heterocycles. The van der Waals surface area contributed by atoms with Gasteiger partial charge < -0.3 is 5.73 Å². The molecular formula is C19H26BN2. The highest BCUT2D eigenvalue weighted by Gasteiger charge is 2.19. The van der Waals surface area contributed by atoms with Crippen LogP contribution in [0.4, 0.5) is 0 Å². The topological polar surface area (TPSA) is 29.3 Å².